The molecule has 1 heterocycles. The average Bonchev–Trinajstić information content (AvgIpc) is 2.57. The molecule has 4 nitrogen and oxygen atoms in total. The van der Waals surface area contributed by atoms with Crippen LogP contribution in [-0.2, 0) is 16.0 Å². The first-order valence-electron chi connectivity index (χ1n) is 8.01. The second-order valence-corrected chi connectivity index (χ2v) is 7.07. The van der Waals surface area contributed by atoms with Crippen LogP contribution in [-0.4, -0.2) is 23.6 Å². The number of benzene rings is 2. The molecule has 0 spiro atoms. The molecule has 0 radical (unpaired) electrons. The number of aryl methyl sites for hydroxylation is 1. The highest BCUT2D eigenvalue weighted by Crippen LogP contribution is 2.36. The summed E-state index contributed by atoms with van der Waals surface area (Å²) in [6.07, 6.45) is 0.990. The van der Waals surface area contributed by atoms with Crippen molar-refractivity contribution in [1.29, 1.82) is 0 Å². The number of hydrogen-bond donors (Lipinski definition) is 2. The molecule has 0 saturated carbocycles. The van der Waals surface area contributed by atoms with Crippen LogP contribution in [0.2, 0.25) is 0 Å². The largest absolute Gasteiger partial charge is 0.356 e. The van der Waals surface area contributed by atoms with Crippen molar-refractivity contribution in [3.8, 4) is 0 Å². The van der Waals surface area contributed by atoms with E-state index >= 15 is 0 Å². The first-order chi connectivity index (χ1) is 11.6. The van der Waals surface area contributed by atoms with Crippen molar-refractivity contribution in [2.75, 3.05) is 11.9 Å². The van der Waals surface area contributed by atoms with Crippen molar-refractivity contribution in [3.63, 3.8) is 0 Å². The number of anilines is 1. The normalized spacial score (nSPS) is 16.2. The Bertz CT molecular complexity index is 761. The summed E-state index contributed by atoms with van der Waals surface area (Å²) in [6.45, 7) is 2.65. The number of amides is 2. The molecule has 0 saturated heterocycles. The van der Waals surface area contributed by atoms with E-state index < -0.39 is 0 Å². The second kappa shape index (κ2) is 7.53. The van der Waals surface area contributed by atoms with Crippen LogP contribution in [0.5, 0.6) is 0 Å². The number of para-hydroxylation sites is 1. The van der Waals surface area contributed by atoms with E-state index in [1.54, 1.807) is 0 Å². The Morgan fingerprint density at radius 1 is 1.17 bits per heavy atom. The van der Waals surface area contributed by atoms with E-state index in [1.807, 2.05) is 36.4 Å². The van der Waals surface area contributed by atoms with Crippen molar-refractivity contribution < 1.29 is 9.59 Å². The Balaban J connectivity index is 1.50. The molecule has 0 aromatic heterocycles. The van der Waals surface area contributed by atoms with E-state index in [0.29, 0.717) is 6.54 Å². The number of hydrogen-bond acceptors (Lipinski definition) is 3. The van der Waals surface area contributed by atoms with Crippen molar-refractivity contribution in [2.24, 2.45) is 0 Å². The Kier molecular flexibility index (Phi) is 5.20. The van der Waals surface area contributed by atoms with Crippen LogP contribution in [0.1, 0.15) is 17.5 Å². The maximum atomic E-state index is 12.1. The van der Waals surface area contributed by atoms with Crippen LogP contribution < -0.4 is 10.6 Å². The fourth-order valence-corrected chi connectivity index (χ4v) is 3.81. The van der Waals surface area contributed by atoms with Gasteiger partial charge >= 0.3 is 0 Å². The van der Waals surface area contributed by atoms with Gasteiger partial charge in [0, 0.05) is 17.9 Å². The van der Waals surface area contributed by atoms with Gasteiger partial charge in [0.15, 0.2) is 0 Å². The topological polar surface area (TPSA) is 58.2 Å². The molecule has 0 fully saturated rings. The lowest BCUT2D eigenvalue weighted by Crippen LogP contribution is -2.35. The molecule has 1 unspecified atom stereocenters. The third-order valence-corrected chi connectivity index (χ3v) is 5.33. The maximum Gasteiger partial charge on any atom is 0.238 e. The van der Waals surface area contributed by atoms with E-state index in [2.05, 4.69) is 29.7 Å². The van der Waals surface area contributed by atoms with Gasteiger partial charge in [-0.1, -0.05) is 36.4 Å². The number of rotatable bonds is 5. The zero-order valence-electron chi connectivity index (χ0n) is 13.5. The summed E-state index contributed by atoms with van der Waals surface area (Å²) in [5.41, 5.74) is 3.28. The highest BCUT2D eigenvalue weighted by molar-refractivity contribution is 8.01. The fraction of sp³-hybridized carbons (Fsp3) is 0.263. The Morgan fingerprint density at radius 3 is 2.75 bits per heavy atom. The predicted octanol–water partition coefficient (Wildman–Crippen LogP) is 3.16. The third kappa shape index (κ3) is 3.97. The van der Waals surface area contributed by atoms with Crippen LogP contribution in [0.3, 0.4) is 0 Å². The summed E-state index contributed by atoms with van der Waals surface area (Å²) in [5, 5.41) is 5.41. The van der Waals surface area contributed by atoms with E-state index in [9.17, 15) is 9.59 Å². The van der Waals surface area contributed by atoms with Crippen molar-refractivity contribution in [3.05, 3.63) is 59.7 Å². The number of fused-ring (bicyclic) bond motifs is 1. The zero-order valence-corrected chi connectivity index (χ0v) is 14.4. The summed E-state index contributed by atoms with van der Waals surface area (Å²) in [6, 6.07) is 15.8. The predicted molar refractivity (Wildman–Crippen MR) is 97.2 cm³/mol. The number of thioether (sulfide) groups is 1. The van der Waals surface area contributed by atoms with Gasteiger partial charge in [0.1, 0.15) is 0 Å². The molecule has 0 aliphatic carbocycles. The lowest BCUT2D eigenvalue weighted by molar-refractivity contribution is -0.124. The zero-order chi connectivity index (χ0) is 16.9. The van der Waals surface area contributed by atoms with Gasteiger partial charge in [0.25, 0.3) is 0 Å². The van der Waals surface area contributed by atoms with Crippen molar-refractivity contribution >= 4 is 29.3 Å². The Hall–Kier alpha value is -2.27. The molecule has 5 heteroatoms. The molecule has 2 aromatic carbocycles. The van der Waals surface area contributed by atoms with Crippen LogP contribution in [0, 0.1) is 6.92 Å². The van der Waals surface area contributed by atoms with Crippen molar-refractivity contribution in [2.45, 2.75) is 29.9 Å². The summed E-state index contributed by atoms with van der Waals surface area (Å²) in [4.78, 5) is 25.3. The monoisotopic (exact) mass is 340 g/mol. The SMILES string of the molecule is Cc1ccccc1CCNC(=O)CC1Sc2ccccc2NC1=O. The van der Waals surface area contributed by atoms with Crippen LogP contribution in [0.15, 0.2) is 53.4 Å². The highest BCUT2D eigenvalue weighted by Gasteiger charge is 2.28. The summed E-state index contributed by atoms with van der Waals surface area (Å²) >= 11 is 1.45. The maximum absolute atomic E-state index is 12.1. The number of carbonyl (C=O) groups excluding carboxylic acids is 2. The van der Waals surface area contributed by atoms with Crippen LogP contribution >= 0.6 is 11.8 Å². The van der Waals surface area contributed by atoms with E-state index in [-0.39, 0.29) is 23.5 Å². The molecule has 3 rings (SSSR count). The van der Waals surface area contributed by atoms with Gasteiger partial charge in [-0.2, -0.15) is 0 Å². The second-order valence-electron chi connectivity index (χ2n) is 5.82. The summed E-state index contributed by atoms with van der Waals surface area (Å²) in [7, 11) is 0. The van der Waals surface area contributed by atoms with Gasteiger partial charge in [-0.3, -0.25) is 9.59 Å². The standard InChI is InChI=1S/C19H20N2O2S/c1-13-6-2-3-7-14(13)10-11-20-18(22)12-17-19(23)21-15-8-4-5-9-16(15)24-17/h2-9,17H,10-12H2,1H3,(H,20,22)(H,21,23). The Morgan fingerprint density at radius 2 is 1.92 bits per heavy atom. The molecule has 2 amide bonds. The smallest absolute Gasteiger partial charge is 0.238 e. The summed E-state index contributed by atoms with van der Waals surface area (Å²) < 4.78 is 0. The van der Waals surface area contributed by atoms with Gasteiger partial charge in [0.05, 0.1) is 10.9 Å². The molecular formula is C19H20N2O2S. The van der Waals surface area contributed by atoms with Gasteiger partial charge in [-0.15, -0.1) is 11.8 Å². The average molecular weight is 340 g/mol. The lowest BCUT2D eigenvalue weighted by Gasteiger charge is -2.23. The Labute approximate surface area is 146 Å². The molecule has 2 N–H and O–H groups in total. The van der Waals surface area contributed by atoms with Gasteiger partial charge in [-0.25, -0.2) is 0 Å². The van der Waals surface area contributed by atoms with E-state index in [0.717, 1.165) is 17.0 Å². The van der Waals surface area contributed by atoms with Gasteiger partial charge in [0.2, 0.25) is 11.8 Å². The first-order valence-corrected chi connectivity index (χ1v) is 8.89. The molecular weight excluding hydrogens is 320 g/mol. The third-order valence-electron chi connectivity index (χ3n) is 4.06. The fourth-order valence-electron chi connectivity index (χ4n) is 2.69. The lowest BCUT2D eigenvalue weighted by atomic mass is 10.1. The molecule has 24 heavy (non-hydrogen) atoms. The minimum atomic E-state index is -0.377. The quantitative estimate of drug-likeness (QED) is 0.879. The minimum absolute atomic E-state index is 0.0874. The molecule has 1 aliphatic heterocycles. The molecule has 1 atom stereocenters. The van der Waals surface area contributed by atoms with Crippen molar-refractivity contribution in [1.82, 2.24) is 5.32 Å². The van der Waals surface area contributed by atoms with Gasteiger partial charge in [-0.05, 0) is 36.6 Å². The van der Waals surface area contributed by atoms with E-state index in [1.165, 1.54) is 22.9 Å². The molecule has 0 bridgehead atoms. The number of carbonyl (C=O) groups is 2. The number of nitrogens with one attached hydrogen (secondary N) is 2. The van der Waals surface area contributed by atoms with E-state index in [4.69, 9.17) is 0 Å². The molecule has 124 valence electrons. The first kappa shape index (κ1) is 16.6. The minimum Gasteiger partial charge on any atom is -0.356 e. The highest BCUT2D eigenvalue weighted by atomic mass is 32.2. The van der Waals surface area contributed by atoms with Crippen LogP contribution in [0.25, 0.3) is 0 Å². The van der Waals surface area contributed by atoms with Crippen LogP contribution in [0.4, 0.5) is 5.69 Å². The summed E-state index contributed by atoms with van der Waals surface area (Å²) in [5.74, 6) is -0.191. The molecule has 1 aliphatic rings. The van der Waals surface area contributed by atoms with Gasteiger partial charge < -0.3 is 10.6 Å². The molecule has 2 aromatic rings.